The fourth-order valence-corrected chi connectivity index (χ4v) is 6.19. The van der Waals surface area contributed by atoms with Gasteiger partial charge in [-0.05, 0) is 49.3 Å². The summed E-state index contributed by atoms with van der Waals surface area (Å²) in [5.74, 6) is -2.44. The molecule has 1 saturated heterocycles. The SMILES string of the molecule is NC1CCCCCC=CC2CC2(C(=O)O)NC(=O)C2CC(Oc3nc4cc(F)ccc4c4ccccc34)CN2C1=O. The zero-order valence-corrected chi connectivity index (χ0v) is 22.6. The molecule has 0 radical (unpaired) electrons. The molecule has 3 aromatic rings. The van der Waals surface area contributed by atoms with E-state index in [-0.39, 0.29) is 30.7 Å². The molecule has 2 aromatic carbocycles. The van der Waals surface area contributed by atoms with Crippen LogP contribution in [0.2, 0.25) is 0 Å². The number of carboxylic acid groups (broad SMARTS) is 1. The number of carbonyl (C=O) groups excluding carboxylic acids is 2. The third-order valence-corrected chi connectivity index (χ3v) is 8.57. The summed E-state index contributed by atoms with van der Waals surface area (Å²) >= 11 is 0. The van der Waals surface area contributed by atoms with E-state index >= 15 is 0 Å². The average Bonchev–Trinajstić information content (AvgIpc) is 3.49. The molecule has 1 saturated carbocycles. The number of amides is 2. The van der Waals surface area contributed by atoms with Crippen LogP contribution in [0.25, 0.3) is 21.7 Å². The van der Waals surface area contributed by atoms with Gasteiger partial charge in [0.2, 0.25) is 17.7 Å². The molecule has 1 aromatic heterocycles. The number of aromatic nitrogens is 1. The molecule has 0 bridgehead atoms. The number of carbonyl (C=O) groups is 3. The van der Waals surface area contributed by atoms with Crippen molar-refractivity contribution in [1.29, 1.82) is 0 Å². The third kappa shape index (κ3) is 5.12. The lowest BCUT2D eigenvalue weighted by atomic mass is 10.1. The molecular formula is C31H33FN4O5. The smallest absolute Gasteiger partial charge is 0.330 e. The van der Waals surface area contributed by atoms with Gasteiger partial charge >= 0.3 is 5.97 Å². The number of rotatable bonds is 3. The Morgan fingerprint density at radius 2 is 1.93 bits per heavy atom. The zero-order valence-electron chi connectivity index (χ0n) is 22.6. The van der Waals surface area contributed by atoms with E-state index in [1.54, 1.807) is 6.07 Å². The number of nitrogens with zero attached hydrogens (tertiary/aromatic N) is 2. The lowest BCUT2D eigenvalue weighted by Gasteiger charge is -2.27. The summed E-state index contributed by atoms with van der Waals surface area (Å²) in [5.41, 5.74) is 5.34. The number of ether oxygens (including phenoxy) is 1. The fraction of sp³-hybridized carbons (Fsp3) is 0.419. The molecule has 10 heteroatoms. The molecule has 1 aliphatic carbocycles. The second-order valence-electron chi connectivity index (χ2n) is 11.4. The van der Waals surface area contributed by atoms with E-state index in [0.29, 0.717) is 18.4 Å². The van der Waals surface area contributed by atoms with E-state index in [2.05, 4.69) is 10.3 Å². The monoisotopic (exact) mass is 560 g/mol. The van der Waals surface area contributed by atoms with Gasteiger partial charge in [0.25, 0.3) is 0 Å². The van der Waals surface area contributed by atoms with Crippen molar-refractivity contribution in [2.45, 2.75) is 68.7 Å². The standard InChI is InChI=1S/C31H33FN4O5/c32-19-12-13-22-21-9-6-7-10-23(21)28(34-25(22)14-19)41-20-15-26-27(37)35-31(30(39)40)16-18(31)8-4-2-1-3-5-11-24(33)29(38)36(26)17-20/h4,6-10,12-14,18,20,24,26H,1-3,5,11,15-17,33H2,(H,35,37)(H,39,40). The highest BCUT2D eigenvalue weighted by Crippen LogP contribution is 2.45. The van der Waals surface area contributed by atoms with Gasteiger partial charge in [-0.2, -0.15) is 0 Å². The van der Waals surface area contributed by atoms with Crippen LogP contribution in [0.4, 0.5) is 4.39 Å². The van der Waals surface area contributed by atoms with Crippen molar-refractivity contribution >= 4 is 39.5 Å². The van der Waals surface area contributed by atoms with Gasteiger partial charge in [-0.15, -0.1) is 0 Å². The summed E-state index contributed by atoms with van der Waals surface area (Å²) in [6.45, 7) is 0.0885. The number of aliphatic carboxylic acids is 1. The van der Waals surface area contributed by atoms with E-state index in [1.165, 1.54) is 17.0 Å². The molecule has 2 fully saturated rings. The number of carboxylic acids is 1. The summed E-state index contributed by atoms with van der Waals surface area (Å²) in [6.07, 6.45) is 7.56. The van der Waals surface area contributed by atoms with Crippen molar-refractivity contribution in [3.05, 3.63) is 60.4 Å². The Bertz CT molecular complexity index is 1560. The fourth-order valence-electron chi connectivity index (χ4n) is 6.19. The first-order chi connectivity index (χ1) is 19.8. The molecule has 214 valence electrons. The van der Waals surface area contributed by atoms with Gasteiger partial charge in [-0.25, -0.2) is 14.2 Å². The molecule has 5 unspecified atom stereocenters. The van der Waals surface area contributed by atoms with Gasteiger partial charge in [0.15, 0.2) is 0 Å². The molecule has 3 heterocycles. The van der Waals surface area contributed by atoms with Gasteiger partial charge in [0, 0.05) is 29.2 Å². The molecule has 0 spiro atoms. The summed E-state index contributed by atoms with van der Waals surface area (Å²) in [5, 5.41) is 15.1. The maximum atomic E-state index is 14.1. The van der Waals surface area contributed by atoms with Gasteiger partial charge in [-0.3, -0.25) is 9.59 Å². The normalized spacial score (nSPS) is 28.9. The second-order valence-corrected chi connectivity index (χ2v) is 11.4. The topological polar surface area (TPSA) is 135 Å². The summed E-state index contributed by atoms with van der Waals surface area (Å²) in [7, 11) is 0. The van der Waals surface area contributed by atoms with E-state index in [0.717, 1.165) is 41.8 Å². The third-order valence-electron chi connectivity index (χ3n) is 8.57. The molecule has 5 atom stereocenters. The van der Waals surface area contributed by atoms with Crippen molar-refractivity contribution in [2.24, 2.45) is 11.7 Å². The Morgan fingerprint density at radius 1 is 1.12 bits per heavy atom. The predicted octanol–water partition coefficient (Wildman–Crippen LogP) is 3.68. The lowest BCUT2D eigenvalue weighted by molar-refractivity contribution is -0.145. The van der Waals surface area contributed by atoms with Crippen LogP contribution in [-0.4, -0.2) is 63.0 Å². The van der Waals surface area contributed by atoms with E-state index in [4.69, 9.17) is 10.5 Å². The number of allylic oxidation sites excluding steroid dienone is 1. The molecule has 2 aliphatic heterocycles. The second kappa shape index (κ2) is 10.7. The van der Waals surface area contributed by atoms with Crippen LogP contribution in [0, 0.1) is 11.7 Å². The molecule has 2 amide bonds. The van der Waals surface area contributed by atoms with Crippen LogP contribution in [0.15, 0.2) is 54.6 Å². The molecule has 3 aliphatic rings. The van der Waals surface area contributed by atoms with Crippen molar-refractivity contribution in [3.8, 4) is 5.88 Å². The average molecular weight is 561 g/mol. The Labute approximate surface area is 236 Å². The Kier molecular flexibility index (Phi) is 7.11. The first-order valence-electron chi connectivity index (χ1n) is 14.2. The van der Waals surface area contributed by atoms with Crippen LogP contribution in [0.3, 0.4) is 0 Å². The lowest BCUT2D eigenvalue weighted by Crippen LogP contribution is -2.55. The van der Waals surface area contributed by atoms with Gasteiger partial charge in [-0.1, -0.05) is 43.2 Å². The van der Waals surface area contributed by atoms with Gasteiger partial charge in [0.05, 0.1) is 18.1 Å². The largest absolute Gasteiger partial charge is 0.479 e. The quantitative estimate of drug-likeness (QED) is 0.329. The number of pyridine rings is 1. The minimum absolute atomic E-state index is 0.0885. The number of benzene rings is 2. The van der Waals surface area contributed by atoms with Crippen molar-refractivity contribution < 1.29 is 28.6 Å². The first kappa shape index (κ1) is 27.1. The van der Waals surface area contributed by atoms with E-state index in [1.807, 2.05) is 36.4 Å². The minimum Gasteiger partial charge on any atom is -0.479 e. The van der Waals surface area contributed by atoms with Gasteiger partial charge in [0.1, 0.15) is 23.5 Å². The van der Waals surface area contributed by atoms with Crippen LogP contribution < -0.4 is 15.8 Å². The molecule has 6 rings (SSSR count). The number of hydrogen-bond donors (Lipinski definition) is 3. The Hall–Kier alpha value is -4.05. The Balaban J connectivity index is 1.31. The van der Waals surface area contributed by atoms with Crippen molar-refractivity contribution in [3.63, 3.8) is 0 Å². The number of nitrogens with one attached hydrogen (secondary N) is 1. The number of hydrogen-bond acceptors (Lipinski definition) is 6. The summed E-state index contributed by atoms with van der Waals surface area (Å²) < 4.78 is 20.4. The van der Waals surface area contributed by atoms with E-state index < -0.39 is 41.4 Å². The molecule has 9 nitrogen and oxygen atoms in total. The number of nitrogens with two attached hydrogens (primary N) is 1. The van der Waals surface area contributed by atoms with Crippen LogP contribution in [-0.2, 0) is 14.4 Å². The van der Waals surface area contributed by atoms with Crippen LogP contribution >= 0.6 is 0 Å². The maximum absolute atomic E-state index is 14.1. The van der Waals surface area contributed by atoms with E-state index in [9.17, 15) is 23.9 Å². The molecule has 4 N–H and O–H groups in total. The zero-order chi connectivity index (χ0) is 28.7. The number of halogens is 1. The number of fused-ring (bicyclic) bond motifs is 5. The first-order valence-corrected chi connectivity index (χ1v) is 14.2. The highest BCUT2D eigenvalue weighted by molar-refractivity contribution is 6.07. The molecular weight excluding hydrogens is 527 g/mol. The maximum Gasteiger partial charge on any atom is 0.330 e. The molecule has 41 heavy (non-hydrogen) atoms. The Morgan fingerprint density at radius 3 is 2.73 bits per heavy atom. The predicted molar refractivity (Wildman–Crippen MR) is 151 cm³/mol. The summed E-state index contributed by atoms with van der Waals surface area (Å²) in [6, 6.07) is 10.2. The van der Waals surface area contributed by atoms with Crippen molar-refractivity contribution in [1.82, 2.24) is 15.2 Å². The van der Waals surface area contributed by atoms with Crippen molar-refractivity contribution in [2.75, 3.05) is 6.54 Å². The minimum atomic E-state index is -1.39. The van der Waals surface area contributed by atoms with Crippen LogP contribution in [0.1, 0.15) is 44.9 Å². The van der Waals surface area contributed by atoms with Crippen LogP contribution in [0.5, 0.6) is 5.88 Å². The van der Waals surface area contributed by atoms with Gasteiger partial charge < -0.3 is 25.8 Å². The summed E-state index contributed by atoms with van der Waals surface area (Å²) in [4.78, 5) is 45.4. The highest BCUT2D eigenvalue weighted by Gasteiger charge is 2.61. The highest BCUT2D eigenvalue weighted by atomic mass is 19.1.